The Morgan fingerprint density at radius 2 is 1.66 bits per heavy atom. The maximum absolute atomic E-state index is 13.0. The van der Waals surface area contributed by atoms with Gasteiger partial charge in [-0.15, -0.1) is 0 Å². The number of hydrogen-bond donors (Lipinski definition) is 1. The van der Waals surface area contributed by atoms with Crippen LogP contribution in [-0.4, -0.2) is 31.1 Å². The van der Waals surface area contributed by atoms with Crippen LogP contribution in [0.4, 0.5) is 10.5 Å². The highest BCUT2D eigenvalue weighted by Gasteiger charge is 2.36. The summed E-state index contributed by atoms with van der Waals surface area (Å²) in [6.45, 7) is 6.51. The van der Waals surface area contributed by atoms with Gasteiger partial charge < -0.3 is 9.47 Å². The number of urea groups is 1. The number of hydrogen-bond acceptors (Lipinski definition) is 5. The maximum atomic E-state index is 13.0. The number of aryl methyl sites for hydroxylation is 1. The van der Waals surface area contributed by atoms with E-state index in [0.29, 0.717) is 36.0 Å². The molecule has 150 valence electrons. The highest BCUT2D eigenvalue weighted by Crippen LogP contribution is 2.29. The molecule has 0 saturated carbocycles. The topological polar surface area (TPSA) is 84.9 Å². The molecule has 7 heteroatoms. The number of barbiturate groups is 1. The number of carbonyl (C=O) groups excluding carboxylic acids is 3. The lowest BCUT2D eigenvalue weighted by Crippen LogP contribution is -2.54. The molecule has 7 nitrogen and oxygen atoms in total. The smallest absolute Gasteiger partial charge is 0.335 e. The molecular formula is C22H22N2O5. The normalized spacial score (nSPS) is 15.5. The Morgan fingerprint density at radius 1 is 0.966 bits per heavy atom. The minimum atomic E-state index is -0.780. The van der Waals surface area contributed by atoms with Gasteiger partial charge in [-0.2, -0.15) is 0 Å². The van der Waals surface area contributed by atoms with Gasteiger partial charge in [-0.1, -0.05) is 17.7 Å². The molecule has 0 unspecified atom stereocenters. The van der Waals surface area contributed by atoms with E-state index in [2.05, 4.69) is 5.32 Å². The molecule has 1 aliphatic rings. The lowest BCUT2D eigenvalue weighted by atomic mass is 10.1. The molecule has 2 aromatic carbocycles. The van der Waals surface area contributed by atoms with Crippen LogP contribution in [0.1, 0.15) is 25.0 Å². The van der Waals surface area contributed by atoms with Crippen LogP contribution in [0.2, 0.25) is 0 Å². The first-order chi connectivity index (χ1) is 13.9. The third-order valence-corrected chi connectivity index (χ3v) is 4.29. The number of imide groups is 2. The van der Waals surface area contributed by atoms with E-state index < -0.39 is 17.8 Å². The molecule has 2 aromatic rings. The number of rotatable bonds is 6. The standard InChI is InChI=1S/C22H22N2O5/c1-4-28-17-11-8-15(19(13-17)29-5-2)12-18-20(25)23-22(27)24(21(18)26)16-9-6-14(3)7-10-16/h6-13H,4-5H2,1-3H3,(H,23,25,27). The first-order valence-electron chi connectivity index (χ1n) is 9.32. The highest BCUT2D eigenvalue weighted by molar-refractivity contribution is 6.39. The summed E-state index contributed by atoms with van der Waals surface area (Å²) in [5.74, 6) is -0.349. The van der Waals surface area contributed by atoms with E-state index in [-0.39, 0.29) is 5.57 Å². The van der Waals surface area contributed by atoms with E-state index in [1.807, 2.05) is 20.8 Å². The van der Waals surface area contributed by atoms with E-state index in [1.54, 1.807) is 42.5 Å². The molecule has 0 bridgehead atoms. The number of benzene rings is 2. The Hall–Kier alpha value is -3.61. The van der Waals surface area contributed by atoms with Gasteiger partial charge in [0.1, 0.15) is 17.1 Å². The Bertz CT molecular complexity index is 979. The lowest BCUT2D eigenvalue weighted by Gasteiger charge is -2.26. The molecule has 0 aliphatic carbocycles. The van der Waals surface area contributed by atoms with Gasteiger partial charge >= 0.3 is 6.03 Å². The van der Waals surface area contributed by atoms with Crippen molar-refractivity contribution in [2.75, 3.05) is 18.1 Å². The van der Waals surface area contributed by atoms with Gasteiger partial charge in [-0.3, -0.25) is 14.9 Å². The van der Waals surface area contributed by atoms with Crippen LogP contribution in [0.3, 0.4) is 0 Å². The van der Waals surface area contributed by atoms with Crippen LogP contribution in [0.15, 0.2) is 48.0 Å². The third kappa shape index (κ3) is 4.29. The molecule has 29 heavy (non-hydrogen) atoms. The van der Waals surface area contributed by atoms with Gasteiger partial charge in [-0.25, -0.2) is 9.69 Å². The zero-order chi connectivity index (χ0) is 21.0. The third-order valence-electron chi connectivity index (χ3n) is 4.29. The zero-order valence-corrected chi connectivity index (χ0v) is 16.5. The van der Waals surface area contributed by atoms with Crippen LogP contribution in [0, 0.1) is 6.92 Å². The fraction of sp³-hybridized carbons (Fsp3) is 0.227. The lowest BCUT2D eigenvalue weighted by molar-refractivity contribution is -0.122. The van der Waals surface area contributed by atoms with Crippen LogP contribution in [0.5, 0.6) is 11.5 Å². The van der Waals surface area contributed by atoms with E-state index in [0.717, 1.165) is 10.5 Å². The predicted molar refractivity (Wildman–Crippen MR) is 109 cm³/mol. The number of nitrogens with zero attached hydrogens (tertiary/aromatic N) is 1. The summed E-state index contributed by atoms with van der Waals surface area (Å²) >= 11 is 0. The molecular weight excluding hydrogens is 372 g/mol. The summed E-state index contributed by atoms with van der Waals surface area (Å²) in [4.78, 5) is 38.6. The molecule has 1 aliphatic heterocycles. The minimum absolute atomic E-state index is 0.157. The molecule has 0 aromatic heterocycles. The van der Waals surface area contributed by atoms with E-state index >= 15 is 0 Å². The summed E-state index contributed by atoms with van der Waals surface area (Å²) in [6, 6.07) is 11.2. The fourth-order valence-electron chi connectivity index (χ4n) is 2.91. The first kappa shape index (κ1) is 20.1. The molecule has 4 amide bonds. The summed E-state index contributed by atoms with van der Waals surface area (Å²) < 4.78 is 11.1. The van der Waals surface area contributed by atoms with Crippen molar-refractivity contribution in [2.24, 2.45) is 0 Å². The second-order valence-corrected chi connectivity index (χ2v) is 6.36. The van der Waals surface area contributed by atoms with Crippen LogP contribution < -0.4 is 19.7 Å². The number of carbonyl (C=O) groups is 3. The van der Waals surface area contributed by atoms with Crippen molar-refractivity contribution in [2.45, 2.75) is 20.8 Å². The molecule has 1 fully saturated rings. The largest absolute Gasteiger partial charge is 0.494 e. The Morgan fingerprint density at radius 3 is 2.31 bits per heavy atom. The van der Waals surface area contributed by atoms with Gasteiger partial charge in [0.15, 0.2) is 0 Å². The predicted octanol–water partition coefficient (Wildman–Crippen LogP) is 3.46. The van der Waals surface area contributed by atoms with Crippen molar-refractivity contribution < 1.29 is 23.9 Å². The monoisotopic (exact) mass is 394 g/mol. The van der Waals surface area contributed by atoms with Gasteiger partial charge in [0.2, 0.25) is 0 Å². The quantitative estimate of drug-likeness (QED) is 0.599. The van der Waals surface area contributed by atoms with Crippen molar-refractivity contribution in [3.05, 3.63) is 59.2 Å². The number of anilines is 1. The van der Waals surface area contributed by atoms with Crippen molar-refractivity contribution in [1.29, 1.82) is 0 Å². The van der Waals surface area contributed by atoms with E-state index in [1.165, 1.54) is 6.08 Å². The average Bonchev–Trinajstić information content (AvgIpc) is 2.68. The van der Waals surface area contributed by atoms with Gasteiger partial charge in [0.25, 0.3) is 11.8 Å². The van der Waals surface area contributed by atoms with Crippen LogP contribution in [0.25, 0.3) is 6.08 Å². The molecule has 0 spiro atoms. The van der Waals surface area contributed by atoms with Crippen LogP contribution >= 0.6 is 0 Å². The van der Waals surface area contributed by atoms with Crippen LogP contribution in [-0.2, 0) is 9.59 Å². The minimum Gasteiger partial charge on any atom is -0.494 e. The summed E-state index contributed by atoms with van der Waals surface area (Å²) in [5, 5.41) is 2.22. The second kappa shape index (κ2) is 8.60. The Labute approximate surface area is 168 Å². The molecule has 0 atom stereocenters. The first-order valence-corrected chi connectivity index (χ1v) is 9.32. The number of ether oxygens (including phenoxy) is 2. The van der Waals surface area contributed by atoms with E-state index in [9.17, 15) is 14.4 Å². The molecule has 3 rings (SSSR count). The number of amides is 4. The zero-order valence-electron chi connectivity index (χ0n) is 16.5. The van der Waals surface area contributed by atoms with Gasteiger partial charge in [0.05, 0.1) is 18.9 Å². The van der Waals surface area contributed by atoms with Gasteiger partial charge in [0, 0.05) is 11.6 Å². The van der Waals surface area contributed by atoms with Gasteiger partial charge in [-0.05, 0) is 51.1 Å². The van der Waals surface area contributed by atoms with Crippen molar-refractivity contribution in [1.82, 2.24) is 5.32 Å². The maximum Gasteiger partial charge on any atom is 0.335 e. The summed E-state index contributed by atoms with van der Waals surface area (Å²) in [6.07, 6.45) is 1.42. The second-order valence-electron chi connectivity index (χ2n) is 6.36. The molecule has 1 N–H and O–H groups in total. The molecule has 0 radical (unpaired) electrons. The Kier molecular flexibility index (Phi) is 5.97. The van der Waals surface area contributed by atoms with Crippen molar-refractivity contribution in [3.8, 4) is 11.5 Å². The fourth-order valence-corrected chi connectivity index (χ4v) is 2.91. The van der Waals surface area contributed by atoms with Crippen molar-refractivity contribution in [3.63, 3.8) is 0 Å². The van der Waals surface area contributed by atoms with E-state index in [4.69, 9.17) is 9.47 Å². The summed E-state index contributed by atoms with van der Waals surface area (Å²) in [5.41, 5.74) is 1.75. The Balaban J connectivity index is 2.01. The number of nitrogens with one attached hydrogen (secondary N) is 1. The summed E-state index contributed by atoms with van der Waals surface area (Å²) in [7, 11) is 0. The molecule has 1 saturated heterocycles. The SMILES string of the molecule is CCOc1ccc(C=C2C(=O)NC(=O)N(c3ccc(C)cc3)C2=O)c(OCC)c1. The molecule has 1 heterocycles. The average molecular weight is 394 g/mol. The van der Waals surface area contributed by atoms with Crippen molar-refractivity contribution >= 4 is 29.6 Å². The highest BCUT2D eigenvalue weighted by atomic mass is 16.5.